The standard InChI is InChI=1S/C16H20N6O/c1-4-21-14-6-5-12(9-13(14)19-20-21)16(23)18-15-7-8-17-22(15)10-11(2)3/h5-9,11H,4,10H2,1-3H3,(H,18,23). The number of amides is 1. The summed E-state index contributed by atoms with van der Waals surface area (Å²) < 4.78 is 3.60. The predicted octanol–water partition coefficient (Wildman–Crippen LogP) is 2.56. The maximum Gasteiger partial charge on any atom is 0.256 e. The molecule has 0 aliphatic heterocycles. The quantitative estimate of drug-likeness (QED) is 0.785. The average molecular weight is 312 g/mol. The van der Waals surface area contributed by atoms with Gasteiger partial charge in [0.2, 0.25) is 0 Å². The van der Waals surface area contributed by atoms with E-state index in [9.17, 15) is 4.79 Å². The van der Waals surface area contributed by atoms with Crippen molar-refractivity contribution in [3.63, 3.8) is 0 Å². The second kappa shape index (κ2) is 6.20. The van der Waals surface area contributed by atoms with Crippen LogP contribution in [0.25, 0.3) is 11.0 Å². The molecule has 0 unspecified atom stereocenters. The van der Waals surface area contributed by atoms with E-state index in [0.717, 1.165) is 24.1 Å². The molecule has 2 heterocycles. The van der Waals surface area contributed by atoms with Crippen LogP contribution in [0.3, 0.4) is 0 Å². The summed E-state index contributed by atoms with van der Waals surface area (Å²) in [6, 6.07) is 7.22. The fourth-order valence-electron chi connectivity index (χ4n) is 2.47. The lowest BCUT2D eigenvalue weighted by Gasteiger charge is -2.11. The van der Waals surface area contributed by atoms with Crippen LogP contribution in [-0.4, -0.2) is 30.7 Å². The normalized spacial score (nSPS) is 11.3. The highest BCUT2D eigenvalue weighted by Gasteiger charge is 2.12. The summed E-state index contributed by atoms with van der Waals surface area (Å²) in [5.74, 6) is 0.968. The van der Waals surface area contributed by atoms with Gasteiger partial charge in [-0.05, 0) is 31.0 Å². The number of nitrogens with zero attached hydrogens (tertiary/aromatic N) is 5. The van der Waals surface area contributed by atoms with Crippen molar-refractivity contribution in [1.29, 1.82) is 0 Å². The van der Waals surface area contributed by atoms with E-state index in [1.165, 1.54) is 0 Å². The van der Waals surface area contributed by atoms with Gasteiger partial charge in [-0.15, -0.1) is 5.10 Å². The lowest BCUT2D eigenvalue weighted by Crippen LogP contribution is -2.17. The van der Waals surface area contributed by atoms with Crippen molar-refractivity contribution in [2.75, 3.05) is 5.32 Å². The lowest BCUT2D eigenvalue weighted by molar-refractivity contribution is 0.102. The summed E-state index contributed by atoms with van der Waals surface area (Å²) >= 11 is 0. The first-order chi connectivity index (χ1) is 11.1. The van der Waals surface area contributed by atoms with Crippen LogP contribution in [-0.2, 0) is 13.1 Å². The third-order valence-electron chi connectivity index (χ3n) is 3.57. The molecule has 0 aliphatic carbocycles. The van der Waals surface area contributed by atoms with Gasteiger partial charge in [0.05, 0.1) is 11.7 Å². The molecule has 1 amide bonds. The fourth-order valence-corrected chi connectivity index (χ4v) is 2.47. The number of benzene rings is 1. The molecule has 1 aromatic carbocycles. The minimum atomic E-state index is -0.177. The van der Waals surface area contributed by atoms with Crippen LogP contribution in [0, 0.1) is 5.92 Å². The Balaban J connectivity index is 1.82. The first-order valence-electron chi connectivity index (χ1n) is 7.75. The molecule has 0 saturated heterocycles. The molecule has 1 N–H and O–H groups in total. The Morgan fingerprint density at radius 2 is 2.09 bits per heavy atom. The molecule has 2 aromatic heterocycles. The zero-order valence-corrected chi connectivity index (χ0v) is 13.5. The van der Waals surface area contributed by atoms with Gasteiger partial charge >= 0.3 is 0 Å². The van der Waals surface area contributed by atoms with E-state index in [4.69, 9.17) is 0 Å². The Bertz CT molecular complexity index is 832. The summed E-state index contributed by atoms with van der Waals surface area (Å²) in [4.78, 5) is 12.5. The Labute approximate surface area is 134 Å². The molecule has 0 aliphatic rings. The number of carbonyl (C=O) groups is 1. The molecule has 0 atom stereocenters. The molecule has 120 valence electrons. The van der Waals surface area contributed by atoms with Gasteiger partial charge in [-0.3, -0.25) is 4.79 Å². The average Bonchev–Trinajstić information content (AvgIpc) is 3.12. The molecule has 7 nitrogen and oxygen atoms in total. The van der Waals surface area contributed by atoms with Gasteiger partial charge in [0.25, 0.3) is 5.91 Å². The van der Waals surface area contributed by atoms with E-state index >= 15 is 0 Å². The number of aryl methyl sites for hydroxylation is 1. The van der Waals surface area contributed by atoms with Gasteiger partial charge < -0.3 is 5.32 Å². The highest BCUT2D eigenvalue weighted by Crippen LogP contribution is 2.16. The molecule has 0 spiro atoms. The van der Waals surface area contributed by atoms with Crippen molar-refractivity contribution in [3.05, 3.63) is 36.0 Å². The van der Waals surface area contributed by atoms with Gasteiger partial charge in [-0.2, -0.15) is 5.10 Å². The SMILES string of the molecule is CCn1nnc2cc(C(=O)Nc3ccnn3CC(C)C)ccc21. The first-order valence-corrected chi connectivity index (χ1v) is 7.75. The number of carbonyl (C=O) groups excluding carboxylic acids is 1. The van der Waals surface area contributed by atoms with Gasteiger partial charge in [0.15, 0.2) is 0 Å². The van der Waals surface area contributed by atoms with Crippen LogP contribution in [0.4, 0.5) is 5.82 Å². The molecule has 7 heteroatoms. The first kappa shape index (κ1) is 15.2. The molecule has 3 aromatic rings. The monoisotopic (exact) mass is 312 g/mol. The third-order valence-corrected chi connectivity index (χ3v) is 3.57. The van der Waals surface area contributed by atoms with E-state index in [0.29, 0.717) is 17.3 Å². The van der Waals surface area contributed by atoms with Crippen molar-refractivity contribution in [2.24, 2.45) is 5.92 Å². The van der Waals surface area contributed by atoms with Crippen LogP contribution in [0.15, 0.2) is 30.5 Å². The number of hydrogen-bond acceptors (Lipinski definition) is 4. The van der Waals surface area contributed by atoms with Crippen molar-refractivity contribution < 1.29 is 4.79 Å². The number of aromatic nitrogens is 5. The molecular weight excluding hydrogens is 292 g/mol. The Hall–Kier alpha value is -2.70. The number of fused-ring (bicyclic) bond motifs is 1. The maximum atomic E-state index is 12.5. The maximum absolute atomic E-state index is 12.5. The van der Waals surface area contributed by atoms with Gasteiger partial charge in [0.1, 0.15) is 11.3 Å². The van der Waals surface area contributed by atoms with E-state index in [2.05, 4.69) is 34.6 Å². The van der Waals surface area contributed by atoms with E-state index < -0.39 is 0 Å². The second-order valence-corrected chi connectivity index (χ2v) is 5.86. The smallest absolute Gasteiger partial charge is 0.256 e. The van der Waals surface area contributed by atoms with Crippen LogP contribution >= 0.6 is 0 Å². The molecule has 3 rings (SSSR count). The Morgan fingerprint density at radius 3 is 2.83 bits per heavy atom. The molecular formula is C16H20N6O. The molecule has 0 radical (unpaired) electrons. The topological polar surface area (TPSA) is 77.6 Å². The largest absolute Gasteiger partial charge is 0.307 e. The fraction of sp³-hybridized carbons (Fsp3) is 0.375. The van der Waals surface area contributed by atoms with Gasteiger partial charge in [0, 0.05) is 24.7 Å². The third kappa shape index (κ3) is 3.08. The lowest BCUT2D eigenvalue weighted by atomic mass is 10.2. The summed E-state index contributed by atoms with van der Waals surface area (Å²) in [5, 5.41) is 15.3. The number of nitrogens with one attached hydrogen (secondary N) is 1. The van der Waals surface area contributed by atoms with E-state index in [1.54, 1.807) is 33.8 Å². The molecule has 23 heavy (non-hydrogen) atoms. The van der Waals surface area contributed by atoms with Crippen molar-refractivity contribution in [1.82, 2.24) is 24.8 Å². The van der Waals surface area contributed by atoms with E-state index in [1.807, 2.05) is 13.0 Å². The number of hydrogen-bond donors (Lipinski definition) is 1. The van der Waals surface area contributed by atoms with Crippen molar-refractivity contribution in [3.8, 4) is 0 Å². The zero-order valence-electron chi connectivity index (χ0n) is 13.5. The molecule has 0 fully saturated rings. The van der Waals surface area contributed by atoms with Crippen molar-refractivity contribution in [2.45, 2.75) is 33.9 Å². The highest BCUT2D eigenvalue weighted by molar-refractivity contribution is 6.05. The molecule has 0 saturated carbocycles. The predicted molar refractivity (Wildman–Crippen MR) is 88.2 cm³/mol. The summed E-state index contributed by atoms with van der Waals surface area (Å²) in [5.41, 5.74) is 2.20. The number of anilines is 1. The van der Waals surface area contributed by atoms with Gasteiger partial charge in [-0.1, -0.05) is 19.1 Å². The number of rotatable bonds is 5. The minimum absolute atomic E-state index is 0.177. The van der Waals surface area contributed by atoms with Crippen molar-refractivity contribution >= 4 is 22.8 Å². The van der Waals surface area contributed by atoms with Crippen LogP contribution in [0.5, 0.6) is 0 Å². The summed E-state index contributed by atoms with van der Waals surface area (Å²) in [7, 11) is 0. The zero-order chi connectivity index (χ0) is 16.4. The van der Waals surface area contributed by atoms with Gasteiger partial charge in [-0.25, -0.2) is 9.36 Å². The van der Waals surface area contributed by atoms with E-state index in [-0.39, 0.29) is 5.91 Å². The summed E-state index contributed by atoms with van der Waals surface area (Å²) in [6.45, 7) is 7.73. The second-order valence-electron chi connectivity index (χ2n) is 5.86. The van der Waals surface area contributed by atoms with Crippen LogP contribution < -0.4 is 5.32 Å². The minimum Gasteiger partial charge on any atom is -0.307 e. The molecule has 0 bridgehead atoms. The Morgan fingerprint density at radius 1 is 1.26 bits per heavy atom. The Kier molecular flexibility index (Phi) is 4.10. The van der Waals surface area contributed by atoms with Crippen LogP contribution in [0.2, 0.25) is 0 Å². The van der Waals surface area contributed by atoms with Crippen LogP contribution in [0.1, 0.15) is 31.1 Å². The highest BCUT2D eigenvalue weighted by atomic mass is 16.1. The summed E-state index contributed by atoms with van der Waals surface area (Å²) in [6.07, 6.45) is 1.69.